The summed E-state index contributed by atoms with van der Waals surface area (Å²) in [4.78, 5) is 2.44. The summed E-state index contributed by atoms with van der Waals surface area (Å²) in [5.74, 6) is 0. The second kappa shape index (κ2) is 5.48. The van der Waals surface area contributed by atoms with Gasteiger partial charge >= 0.3 is 0 Å². The summed E-state index contributed by atoms with van der Waals surface area (Å²) < 4.78 is 0. The molecule has 0 bridgehead atoms. The van der Waals surface area contributed by atoms with Crippen molar-refractivity contribution in [3.63, 3.8) is 0 Å². The molecule has 1 heterocycles. The zero-order chi connectivity index (χ0) is 13.2. The molecule has 1 aliphatic heterocycles. The molecule has 2 unspecified atom stereocenters. The summed E-state index contributed by atoms with van der Waals surface area (Å²) in [6.07, 6.45) is 7.71. The Morgan fingerprint density at radius 2 is 2.00 bits per heavy atom. The molecule has 3 nitrogen and oxygen atoms in total. The van der Waals surface area contributed by atoms with E-state index in [1.807, 2.05) is 0 Å². The van der Waals surface area contributed by atoms with E-state index in [1.165, 1.54) is 51.6 Å². The van der Waals surface area contributed by atoms with Gasteiger partial charge in [-0.1, -0.05) is 13.8 Å². The smallest absolute Gasteiger partial charge is 0.0319 e. The molecule has 0 aromatic heterocycles. The van der Waals surface area contributed by atoms with Crippen LogP contribution in [0.2, 0.25) is 0 Å². The molecule has 0 aromatic rings. The van der Waals surface area contributed by atoms with Crippen LogP contribution in [0.1, 0.15) is 52.4 Å². The Hall–Kier alpha value is -0.120. The topological polar surface area (TPSA) is 41.3 Å². The lowest BCUT2D eigenvalue weighted by molar-refractivity contribution is 0.245. The van der Waals surface area contributed by atoms with Gasteiger partial charge < -0.3 is 16.0 Å². The van der Waals surface area contributed by atoms with Gasteiger partial charge in [0.05, 0.1) is 0 Å². The molecule has 1 saturated heterocycles. The van der Waals surface area contributed by atoms with Crippen molar-refractivity contribution in [2.45, 2.75) is 64.0 Å². The van der Waals surface area contributed by atoms with Crippen molar-refractivity contribution in [2.75, 3.05) is 26.7 Å². The van der Waals surface area contributed by atoms with Gasteiger partial charge in [-0.05, 0) is 64.1 Å². The van der Waals surface area contributed by atoms with Crippen LogP contribution in [0.4, 0.5) is 0 Å². The third kappa shape index (κ3) is 3.46. The molecular formula is C15H31N3. The first kappa shape index (κ1) is 14.3. The van der Waals surface area contributed by atoms with Crippen LogP contribution in [-0.4, -0.2) is 43.2 Å². The van der Waals surface area contributed by atoms with Crippen LogP contribution in [0.5, 0.6) is 0 Å². The Labute approximate surface area is 112 Å². The Morgan fingerprint density at radius 3 is 2.61 bits per heavy atom. The highest BCUT2D eigenvalue weighted by Crippen LogP contribution is 2.38. The molecule has 3 N–H and O–H groups in total. The highest BCUT2D eigenvalue weighted by atomic mass is 15.1. The predicted octanol–water partition coefficient (Wildman–Crippen LogP) is 1.97. The van der Waals surface area contributed by atoms with Crippen LogP contribution in [0.25, 0.3) is 0 Å². The molecule has 2 atom stereocenters. The van der Waals surface area contributed by atoms with E-state index in [9.17, 15) is 0 Å². The largest absolute Gasteiger partial charge is 0.329 e. The second-order valence-corrected chi connectivity index (χ2v) is 7.39. The Balaban J connectivity index is 1.95. The summed E-state index contributed by atoms with van der Waals surface area (Å²) in [5, 5.41) is 3.95. The van der Waals surface area contributed by atoms with Gasteiger partial charge in [-0.15, -0.1) is 0 Å². The van der Waals surface area contributed by atoms with Crippen molar-refractivity contribution in [2.24, 2.45) is 11.1 Å². The van der Waals surface area contributed by atoms with Gasteiger partial charge in [-0.25, -0.2) is 0 Å². The van der Waals surface area contributed by atoms with Crippen LogP contribution in [0.15, 0.2) is 0 Å². The maximum atomic E-state index is 6.12. The van der Waals surface area contributed by atoms with Crippen LogP contribution in [-0.2, 0) is 0 Å². The summed E-state index contributed by atoms with van der Waals surface area (Å²) in [6.45, 7) is 7.98. The highest BCUT2D eigenvalue weighted by molar-refractivity contribution is 4.97. The molecule has 2 rings (SSSR count). The van der Waals surface area contributed by atoms with Gasteiger partial charge in [0.25, 0.3) is 0 Å². The van der Waals surface area contributed by atoms with Crippen molar-refractivity contribution < 1.29 is 0 Å². The quantitative estimate of drug-likeness (QED) is 0.808. The van der Waals surface area contributed by atoms with Crippen LogP contribution >= 0.6 is 0 Å². The van der Waals surface area contributed by atoms with E-state index in [0.717, 1.165) is 6.54 Å². The number of likely N-dealkylation sites (tertiary alicyclic amines) is 1. The molecule has 0 amide bonds. The normalized spacial score (nSPS) is 37.7. The minimum absolute atomic E-state index is 0.204. The standard InChI is InChI=1S/C15H31N3/c1-14(2)7-5-13(11-14)17-15(12-16)6-4-9-18(3)10-8-15/h13,17H,4-12,16H2,1-3H3. The van der Waals surface area contributed by atoms with Crippen LogP contribution in [0, 0.1) is 5.41 Å². The molecule has 3 heteroatoms. The molecule has 18 heavy (non-hydrogen) atoms. The van der Waals surface area contributed by atoms with Crippen molar-refractivity contribution in [1.29, 1.82) is 0 Å². The fraction of sp³-hybridized carbons (Fsp3) is 1.00. The number of rotatable bonds is 3. The average molecular weight is 253 g/mol. The molecule has 106 valence electrons. The van der Waals surface area contributed by atoms with E-state index in [1.54, 1.807) is 0 Å². The third-order valence-corrected chi connectivity index (χ3v) is 5.04. The van der Waals surface area contributed by atoms with E-state index in [4.69, 9.17) is 5.73 Å². The zero-order valence-electron chi connectivity index (χ0n) is 12.5. The zero-order valence-corrected chi connectivity index (χ0v) is 12.5. The first-order chi connectivity index (χ1) is 8.45. The summed E-state index contributed by atoms with van der Waals surface area (Å²) in [6, 6.07) is 0.687. The minimum atomic E-state index is 0.204. The molecule has 0 spiro atoms. The van der Waals surface area contributed by atoms with Crippen molar-refractivity contribution in [3.8, 4) is 0 Å². The van der Waals surface area contributed by atoms with E-state index in [-0.39, 0.29) is 5.54 Å². The fourth-order valence-corrected chi connectivity index (χ4v) is 3.73. The fourth-order valence-electron chi connectivity index (χ4n) is 3.73. The molecule has 1 aliphatic carbocycles. The van der Waals surface area contributed by atoms with Gasteiger partial charge in [0.1, 0.15) is 0 Å². The summed E-state index contributed by atoms with van der Waals surface area (Å²) >= 11 is 0. The Bertz CT molecular complexity index is 277. The molecule has 2 aliphatic rings. The first-order valence-corrected chi connectivity index (χ1v) is 7.61. The monoisotopic (exact) mass is 253 g/mol. The van der Waals surface area contributed by atoms with Gasteiger partial charge in [0.2, 0.25) is 0 Å². The Morgan fingerprint density at radius 1 is 1.22 bits per heavy atom. The lowest BCUT2D eigenvalue weighted by atomic mass is 9.88. The number of nitrogens with two attached hydrogens (primary N) is 1. The lowest BCUT2D eigenvalue weighted by Crippen LogP contribution is -2.55. The van der Waals surface area contributed by atoms with E-state index in [2.05, 4.69) is 31.1 Å². The van der Waals surface area contributed by atoms with Gasteiger partial charge in [0, 0.05) is 18.1 Å². The van der Waals surface area contributed by atoms with Crippen molar-refractivity contribution >= 4 is 0 Å². The highest BCUT2D eigenvalue weighted by Gasteiger charge is 2.37. The summed E-state index contributed by atoms with van der Waals surface area (Å²) in [5.41, 5.74) is 6.84. The number of hydrogen-bond donors (Lipinski definition) is 2. The second-order valence-electron chi connectivity index (χ2n) is 7.39. The molecular weight excluding hydrogens is 222 g/mol. The van der Waals surface area contributed by atoms with E-state index in [0.29, 0.717) is 11.5 Å². The predicted molar refractivity (Wildman–Crippen MR) is 77.7 cm³/mol. The minimum Gasteiger partial charge on any atom is -0.329 e. The third-order valence-electron chi connectivity index (χ3n) is 5.04. The molecule has 2 fully saturated rings. The summed E-state index contributed by atoms with van der Waals surface area (Å²) in [7, 11) is 2.23. The van der Waals surface area contributed by atoms with Crippen LogP contribution in [0.3, 0.4) is 0 Å². The maximum absolute atomic E-state index is 6.12. The van der Waals surface area contributed by atoms with E-state index < -0.39 is 0 Å². The van der Waals surface area contributed by atoms with E-state index >= 15 is 0 Å². The molecule has 0 aromatic carbocycles. The van der Waals surface area contributed by atoms with Gasteiger partial charge in [-0.2, -0.15) is 0 Å². The van der Waals surface area contributed by atoms with Gasteiger partial charge in [0.15, 0.2) is 0 Å². The first-order valence-electron chi connectivity index (χ1n) is 7.61. The lowest BCUT2D eigenvalue weighted by Gasteiger charge is -2.36. The molecule has 1 saturated carbocycles. The van der Waals surface area contributed by atoms with Crippen LogP contribution < -0.4 is 11.1 Å². The maximum Gasteiger partial charge on any atom is 0.0319 e. The SMILES string of the molecule is CN1CCCC(CN)(NC2CCC(C)(C)C2)CC1. The van der Waals surface area contributed by atoms with Crippen molar-refractivity contribution in [1.82, 2.24) is 10.2 Å². The molecule has 0 radical (unpaired) electrons. The number of nitrogens with one attached hydrogen (secondary N) is 1. The number of nitrogens with zero attached hydrogens (tertiary/aromatic N) is 1. The van der Waals surface area contributed by atoms with Gasteiger partial charge in [-0.3, -0.25) is 0 Å². The Kier molecular flexibility index (Phi) is 4.35. The average Bonchev–Trinajstić information content (AvgIpc) is 2.54. The number of hydrogen-bond acceptors (Lipinski definition) is 3. The van der Waals surface area contributed by atoms with Crippen molar-refractivity contribution in [3.05, 3.63) is 0 Å².